The van der Waals surface area contributed by atoms with E-state index in [9.17, 15) is 14.9 Å². The van der Waals surface area contributed by atoms with Gasteiger partial charge in [-0.2, -0.15) is 0 Å². The van der Waals surface area contributed by atoms with Crippen molar-refractivity contribution < 1.29 is 14.5 Å². The largest absolute Gasteiger partial charge is 0.444 e. The van der Waals surface area contributed by atoms with Gasteiger partial charge in [0.15, 0.2) is 0 Å². The minimum absolute atomic E-state index is 0.0363. The van der Waals surface area contributed by atoms with Crippen LogP contribution in [-0.4, -0.2) is 29.2 Å². The Bertz CT molecular complexity index is 587. The summed E-state index contributed by atoms with van der Waals surface area (Å²) in [5.41, 5.74) is 0.310. The van der Waals surface area contributed by atoms with E-state index < -0.39 is 16.6 Å². The quantitative estimate of drug-likeness (QED) is 0.535. The Kier molecular flexibility index (Phi) is 7.62. The number of amides is 1. The first kappa shape index (κ1) is 20.4. The van der Waals surface area contributed by atoms with Gasteiger partial charge in [-0.1, -0.05) is 13.0 Å². The molecule has 0 aliphatic carbocycles. The van der Waals surface area contributed by atoms with Crippen LogP contribution in [0.4, 0.5) is 10.5 Å². The molecule has 0 saturated heterocycles. The third kappa shape index (κ3) is 7.27. The molecule has 7 nitrogen and oxygen atoms in total. The average Bonchev–Trinajstić information content (AvgIpc) is 2.46. The molecule has 1 aromatic rings. The fourth-order valence-electron chi connectivity index (χ4n) is 1.95. The number of carbonyl (C=O) groups excluding carboxylic acids is 1. The Morgan fingerprint density at radius 3 is 2.62 bits per heavy atom. The zero-order chi connectivity index (χ0) is 18.3. The normalized spacial score (nSPS) is 12.5. The van der Waals surface area contributed by atoms with Crippen molar-refractivity contribution in [3.8, 4) is 0 Å². The maximum atomic E-state index is 11.7. The zero-order valence-corrected chi connectivity index (χ0v) is 16.0. The van der Waals surface area contributed by atoms with Crippen molar-refractivity contribution in [3.63, 3.8) is 0 Å². The number of rotatable bonds is 7. The molecule has 2 N–H and O–H groups in total. The molecule has 0 bridgehead atoms. The molecule has 0 aromatic heterocycles. The van der Waals surface area contributed by atoms with Crippen LogP contribution in [0.25, 0.3) is 0 Å². The Balaban J connectivity index is 2.53. The van der Waals surface area contributed by atoms with Crippen LogP contribution < -0.4 is 10.6 Å². The summed E-state index contributed by atoms with van der Waals surface area (Å²) in [7, 11) is 0. The number of carbonyl (C=O) groups is 1. The van der Waals surface area contributed by atoms with Crippen LogP contribution >= 0.6 is 15.9 Å². The molecule has 0 saturated carbocycles. The monoisotopic (exact) mass is 401 g/mol. The van der Waals surface area contributed by atoms with E-state index in [-0.39, 0.29) is 11.7 Å². The first-order valence-corrected chi connectivity index (χ1v) is 8.54. The molecule has 0 radical (unpaired) electrons. The summed E-state index contributed by atoms with van der Waals surface area (Å²) in [4.78, 5) is 22.2. The number of nitro benzene ring substituents is 1. The van der Waals surface area contributed by atoms with E-state index in [2.05, 4.69) is 26.6 Å². The summed E-state index contributed by atoms with van der Waals surface area (Å²) >= 11 is 3.17. The lowest BCUT2D eigenvalue weighted by molar-refractivity contribution is -0.385. The second kappa shape index (κ2) is 8.98. The summed E-state index contributed by atoms with van der Waals surface area (Å²) < 4.78 is 5.65. The van der Waals surface area contributed by atoms with E-state index in [0.29, 0.717) is 17.6 Å². The summed E-state index contributed by atoms with van der Waals surface area (Å²) in [6, 6.07) is 5.05. The molecule has 134 valence electrons. The molecule has 0 spiro atoms. The second-order valence-corrected chi connectivity index (χ2v) is 7.27. The minimum Gasteiger partial charge on any atom is -0.444 e. The van der Waals surface area contributed by atoms with Crippen molar-refractivity contribution in [2.45, 2.75) is 52.3 Å². The first-order chi connectivity index (χ1) is 11.1. The lowest BCUT2D eigenvalue weighted by Gasteiger charge is -2.22. The van der Waals surface area contributed by atoms with Gasteiger partial charge in [0.2, 0.25) is 0 Å². The fourth-order valence-corrected chi connectivity index (χ4v) is 2.34. The Labute approximate surface area is 150 Å². The van der Waals surface area contributed by atoms with Gasteiger partial charge in [0, 0.05) is 25.2 Å². The molecule has 1 atom stereocenters. The highest BCUT2D eigenvalue weighted by Crippen LogP contribution is 2.25. The van der Waals surface area contributed by atoms with Gasteiger partial charge in [-0.3, -0.25) is 10.1 Å². The molecule has 0 fully saturated rings. The van der Waals surface area contributed by atoms with E-state index in [1.807, 2.05) is 33.8 Å². The van der Waals surface area contributed by atoms with Crippen LogP contribution in [0, 0.1) is 10.1 Å². The van der Waals surface area contributed by atoms with Crippen molar-refractivity contribution in [1.29, 1.82) is 0 Å². The standard InChI is InChI=1S/C16H24BrN3O4/c1-5-12(10-19-15(21)24-16(2,3)4)18-9-11-6-7-13(17)14(8-11)20(22)23/h6-8,12,18H,5,9-10H2,1-4H3,(H,19,21). The Morgan fingerprint density at radius 2 is 2.08 bits per heavy atom. The molecular formula is C16H24BrN3O4. The second-order valence-electron chi connectivity index (χ2n) is 6.41. The highest BCUT2D eigenvalue weighted by atomic mass is 79.9. The van der Waals surface area contributed by atoms with Gasteiger partial charge in [-0.05, 0) is 54.8 Å². The van der Waals surface area contributed by atoms with Gasteiger partial charge in [0.1, 0.15) is 5.60 Å². The predicted octanol–water partition coefficient (Wildman–Crippen LogP) is 3.75. The zero-order valence-electron chi connectivity index (χ0n) is 14.4. The van der Waals surface area contributed by atoms with Gasteiger partial charge in [0.05, 0.1) is 9.40 Å². The number of nitro groups is 1. The van der Waals surface area contributed by atoms with Crippen molar-refractivity contribution >= 4 is 27.7 Å². The summed E-state index contributed by atoms with van der Waals surface area (Å²) in [5, 5.41) is 17.0. The SMILES string of the molecule is CCC(CNC(=O)OC(C)(C)C)NCc1ccc(Br)c([N+](=O)[O-])c1. The summed E-state index contributed by atoms with van der Waals surface area (Å²) in [6.45, 7) is 8.32. The first-order valence-electron chi connectivity index (χ1n) is 7.75. The van der Waals surface area contributed by atoms with E-state index in [0.717, 1.165) is 12.0 Å². The number of halogens is 1. The van der Waals surface area contributed by atoms with E-state index in [1.165, 1.54) is 6.07 Å². The predicted molar refractivity (Wildman–Crippen MR) is 96.0 cm³/mol. The van der Waals surface area contributed by atoms with Crippen LogP contribution in [0.15, 0.2) is 22.7 Å². The summed E-state index contributed by atoms with van der Waals surface area (Å²) in [5.74, 6) is 0. The van der Waals surface area contributed by atoms with E-state index in [4.69, 9.17) is 4.74 Å². The number of hydrogen-bond acceptors (Lipinski definition) is 5. The topological polar surface area (TPSA) is 93.5 Å². The van der Waals surface area contributed by atoms with E-state index in [1.54, 1.807) is 6.07 Å². The average molecular weight is 402 g/mol. The highest BCUT2D eigenvalue weighted by molar-refractivity contribution is 9.10. The molecule has 8 heteroatoms. The van der Waals surface area contributed by atoms with Crippen LogP contribution in [0.1, 0.15) is 39.7 Å². The number of benzene rings is 1. The van der Waals surface area contributed by atoms with Crippen LogP contribution in [0.5, 0.6) is 0 Å². The van der Waals surface area contributed by atoms with Crippen molar-refractivity contribution in [3.05, 3.63) is 38.3 Å². The van der Waals surface area contributed by atoms with E-state index >= 15 is 0 Å². The third-order valence-electron chi connectivity index (χ3n) is 3.19. The molecule has 0 aliphatic rings. The molecule has 1 aromatic carbocycles. The van der Waals surface area contributed by atoms with Crippen LogP contribution in [0.3, 0.4) is 0 Å². The van der Waals surface area contributed by atoms with Crippen molar-refractivity contribution in [2.75, 3.05) is 6.54 Å². The lowest BCUT2D eigenvalue weighted by Crippen LogP contribution is -2.42. The molecule has 24 heavy (non-hydrogen) atoms. The number of hydrogen-bond donors (Lipinski definition) is 2. The number of ether oxygens (including phenoxy) is 1. The molecule has 0 aliphatic heterocycles. The Hall–Kier alpha value is -1.67. The lowest BCUT2D eigenvalue weighted by atomic mass is 10.1. The highest BCUT2D eigenvalue weighted by Gasteiger charge is 2.17. The van der Waals surface area contributed by atoms with Gasteiger partial charge < -0.3 is 15.4 Å². The molecule has 1 amide bonds. The van der Waals surface area contributed by atoms with Crippen LogP contribution in [0.2, 0.25) is 0 Å². The summed E-state index contributed by atoms with van der Waals surface area (Å²) in [6.07, 6.45) is 0.344. The number of alkyl carbamates (subject to hydrolysis) is 1. The molecule has 1 unspecified atom stereocenters. The smallest absolute Gasteiger partial charge is 0.407 e. The minimum atomic E-state index is -0.532. The maximum Gasteiger partial charge on any atom is 0.407 e. The maximum absolute atomic E-state index is 11.7. The third-order valence-corrected chi connectivity index (χ3v) is 3.86. The Morgan fingerprint density at radius 1 is 1.42 bits per heavy atom. The van der Waals surface area contributed by atoms with Crippen molar-refractivity contribution in [1.82, 2.24) is 10.6 Å². The van der Waals surface area contributed by atoms with Gasteiger partial charge >= 0.3 is 6.09 Å². The molecular weight excluding hydrogens is 378 g/mol. The van der Waals surface area contributed by atoms with Crippen molar-refractivity contribution in [2.24, 2.45) is 0 Å². The van der Waals surface area contributed by atoms with Gasteiger partial charge in [-0.25, -0.2) is 4.79 Å². The van der Waals surface area contributed by atoms with Crippen LogP contribution in [-0.2, 0) is 11.3 Å². The van der Waals surface area contributed by atoms with Gasteiger partial charge in [0.25, 0.3) is 5.69 Å². The molecule has 1 rings (SSSR count). The number of nitrogens with one attached hydrogen (secondary N) is 2. The fraction of sp³-hybridized carbons (Fsp3) is 0.562. The van der Waals surface area contributed by atoms with Gasteiger partial charge in [-0.15, -0.1) is 0 Å². The number of nitrogens with zero attached hydrogens (tertiary/aromatic N) is 1. The molecule has 0 heterocycles.